The van der Waals surface area contributed by atoms with E-state index in [1.807, 2.05) is 0 Å². The van der Waals surface area contributed by atoms with Crippen molar-refractivity contribution in [2.24, 2.45) is 0 Å². The molecule has 1 amide bonds. The van der Waals surface area contributed by atoms with Crippen molar-refractivity contribution in [1.29, 1.82) is 0 Å². The Labute approximate surface area is 166 Å². The number of benzene rings is 2. The minimum atomic E-state index is -4.60. The number of nitrogens with one attached hydrogen (secondary N) is 2. The molecule has 10 heteroatoms. The van der Waals surface area contributed by atoms with Crippen molar-refractivity contribution in [1.82, 2.24) is 9.73 Å². The number of nitrogens with zero attached hydrogens (tertiary/aromatic N) is 1. The van der Waals surface area contributed by atoms with Crippen LogP contribution in [0.1, 0.15) is 24.8 Å². The molecule has 1 aliphatic heterocycles. The van der Waals surface area contributed by atoms with Gasteiger partial charge in [0.05, 0.1) is 16.1 Å². The maximum absolute atomic E-state index is 13.1. The first-order valence-electron chi connectivity index (χ1n) is 9.00. The quantitative estimate of drug-likeness (QED) is 0.717. The van der Waals surface area contributed by atoms with E-state index in [2.05, 4.69) is 10.9 Å². The zero-order valence-electron chi connectivity index (χ0n) is 15.3. The molecule has 2 aromatic carbocycles. The molecule has 0 aromatic heterocycles. The summed E-state index contributed by atoms with van der Waals surface area (Å²) in [6.45, 7) is 0.161. The molecule has 1 unspecified atom stereocenters. The number of piperidine rings is 1. The first kappa shape index (κ1) is 21.1. The number of sulfonamides is 1. The van der Waals surface area contributed by atoms with Crippen molar-refractivity contribution in [2.45, 2.75) is 36.4 Å². The first-order valence-corrected chi connectivity index (χ1v) is 10.4. The molecule has 0 saturated carbocycles. The van der Waals surface area contributed by atoms with Crippen LogP contribution >= 0.6 is 0 Å². The number of alkyl halides is 3. The van der Waals surface area contributed by atoms with E-state index in [9.17, 15) is 26.4 Å². The molecule has 1 saturated heterocycles. The van der Waals surface area contributed by atoms with E-state index in [0.29, 0.717) is 12.8 Å². The van der Waals surface area contributed by atoms with E-state index < -0.39 is 33.7 Å². The lowest BCUT2D eigenvalue weighted by molar-refractivity contribution is -0.137. The number of hydrogen-bond donors (Lipinski definition) is 2. The highest BCUT2D eigenvalue weighted by Crippen LogP contribution is 2.34. The Kier molecular flexibility index (Phi) is 6.13. The summed E-state index contributed by atoms with van der Waals surface area (Å²) in [5.74, 6) is -0.707. The third-order valence-corrected chi connectivity index (χ3v) is 6.58. The van der Waals surface area contributed by atoms with Crippen LogP contribution in [0.3, 0.4) is 0 Å². The summed E-state index contributed by atoms with van der Waals surface area (Å²) < 4.78 is 66.3. The van der Waals surface area contributed by atoms with Crippen molar-refractivity contribution in [3.8, 4) is 0 Å². The van der Waals surface area contributed by atoms with Crippen LogP contribution in [-0.2, 0) is 21.0 Å². The van der Waals surface area contributed by atoms with Gasteiger partial charge in [0.1, 0.15) is 6.04 Å². The molecule has 1 atom stereocenters. The lowest BCUT2D eigenvalue weighted by atomic mass is 10.0. The summed E-state index contributed by atoms with van der Waals surface area (Å²) in [6.07, 6.45) is -3.08. The van der Waals surface area contributed by atoms with Crippen LogP contribution in [-0.4, -0.2) is 31.2 Å². The Morgan fingerprint density at radius 1 is 1.00 bits per heavy atom. The van der Waals surface area contributed by atoms with Crippen LogP contribution in [0, 0.1) is 0 Å². The van der Waals surface area contributed by atoms with Crippen molar-refractivity contribution in [3.63, 3.8) is 0 Å². The van der Waals surface area contributed by atoms with Gasteiger partial charge in [-0.1, -0.05) is 36.8 Å². The van der Waals surface area contributed by atoms with Crippen LogP contribution in [0.2, 0.25) is 0 Å². The summed E-state index contributed by atoms with van der Waals surface area (Å²) in [7, 11) is -3.91. The predicted molar refractivity (Wildman–Crippen MR) is 101 cm³/mol. The third kappa shape index (κ3) is 4.70. The van der Waals surface area contributed by atoms with Gasteiger partial charge in [-0.15, -0.1) is 0 Å². The monoisotopic (exact) mass is 427 g/mol. The average molecular weight is 427 g/mol. The molecule has 0 spiro atoms. The number of amides is 1. The standard InChI is InChI=1S/C19H20F3N3O3S/c20-19(21,22)15-10-4-5-11-16(15)23-24-18(26)17-12-6-7-13-25(17)29(27,28)14-8-2-1-3-9-14/h1-5,8-11,17,23H,6-7,12-13H2,(H,24,26). The summed E-state index contributed by atoms with van der Waals surface area (Å²) >= 11 is 0. The van der Waals surface area contributed by atoms with E-state index in [4.69, 9.17) is 0 Å². The summed E-state index contributed by atoms with van der Waals surface area (Å²) in [5.41, 5.74) is 3.28. The van der Waals surface area contributed by atoms with Crippen LogP contribution in [0.25, 0.3) is 0 Å². The molecule has 1 fully saturated rings. The van der Waals surface area contributed by atoms with Crippen LogP contribution < -0.4 is 10.9 Å². The molecule has 29 heavy (non-hydrogen) atoms. The van der Waals surface area contributed by atoms with Crippen LogP contribution in [0.5, 0.6) is 0 Å². The number of hydrazine groups is 1. The SMILES string of the molecule is O=C(NNc1ccccc1C(F)(F)F)C1CCCCN1S(=O)(=O)c1ccccc1. The van der Waals surface area contributed by atoms with Gasteiger partial charge < -0.3 is 0 Å². The number of halogens is 3. The Hall–Kier alpha value is -2.59. The van der Waals surface area contributed by atoms with Crippen LogP contribution in [0.4, 0.5) is 18.9 Å². The maximum atomic E-state index is 13.1. The number of carbonyl (C=O) groups is 1. The van der Waals surface area contributed by atoms with E-state index in [1.165, 1.54) is 30.3 Å². The first-order chi connectivity index (χ1) is 13.7. The largest absolute Gasteiger partial charge is 0.418 e. The molecule has 0 radical (unpaired) electrons. The third-order valence-electron chi connectivity index (χ3n) is 4.66. The van der Waals surface area contributed by atoms with Gasteiger partial charge in [-0.25, -0.2) is 8.42 Å². The molecule has 1 heterocycles. The zero-order chi connectivity index (χ0) is 21.1. The van der Waals surface area contributed by atoms with Crippen molar-refractivity contribution in [2.75, 3.05) is 12.0 Å². The minimum absolute atomic E-state index is 0.0649. The van der Waals surface area contributed by atoms with Crippen molar-refractivity contribution < 1.29 is 26.4 Å². The van der Waals surface area contributed by atoms with E-state index in [1.54, 1.807) is 18.2 Å². The van der Waals surface area contributed by atoms with Gasteiger partial charge in [0.15, 0.2) is 0 Å². The molecule has 2 N–H and O–H groups in total. The Morgan fingerprint density at radius 3 is 2.34 bits per heavy atom. The van der Waals surface area contributed by atoms with Gasteiger partial charge in [-0.2, -0.15) is 17.5 Å². The van der Waals surface area contributed by atoms with Gasteiger partial charge in [-0.05, 0) is 37.1 Å². The lowest BCUT2D eigenvalue weighted by Gasteiger charge is -2.33. The average Bonchev–Trinajstić information content (AvgIpc) is 2.72. The molecule has 0 aliphatic carbocycles. The molecular formula is C19H20F3N3O3S. The summed E-state index contributed by atoms with van der Waals surface area (Å²) in [5, 5.41) is 0. The normalized spacial score (nSPS) is 18.2. The second kappa shape index (κ2) is 8.42. The van der Waals surface area contributed by atoms with Gasteiger partial charge in [0.25, 0.3) is 5.91 Å². The molecule has 156 valence electrons. The highest BCUT2D eigenvalue weighted by molar-refractivity contribution is 7.89. The minimum Gasteiger partial charge on any atom is -0.298 e. The summed E-state index contributed by atoms with van der Waals surface area (Å²) in [6, 6.07) is 11.4. The number of hydrogen-bond acceptors (Lipinski definition) is 4. The van der Waals surface area contributed by atoms with Gasteiger partial charge in [0.2, 0.25) is 10.0 Å². The van der Waals surface area contributed by atoms with E-state index >= 15 is 0 Å². The smallest absolute Gasteiger partial charge is 0.298 e. The Balaban J connectivity index is 1.78. The van der Waals surface area contributed by atoms with Gasteiger partial charge in [-0.3, -0.25) is 15.6 Å². The van der Waals surface area contributed by atoms with Crippen molar-refractivity contribution in [3.05, 3.63) is 60.2 Å². The fourth-order valence-electron chi connectivity index (χ4n) is 3.23. The highest BCUT2D eigenvalue weighted by atomic mass is 32.2. The fraction of sp³-hybridized carbons (Fsp3) is 0.316. The van der Waals surface area contributed by atoms with Crippen LogP contribution in [0.15, 0.2) is 59.5 Å². The van der Waals surface area contributed by atoms with Gasteiger partial charge >= 0.3 is 6.18 Å². The zero-order valence-corrected chi connectivity index (χ0v) is 16.1. The number of rotatable bonds is 5. The maximum Gasteiger partial charge on any atom is 0.418 e. The molecule has 3 rings (SSSR count). The van der Waals surface area contributed by atoms with Gasteiger partial charge in [0, 0.05) is 6.54 Å². The Bertz CT molecular complexity index is 965. The van der Waals surface area contributed by atoms with E-state index in [0.717, 1.165) is 10.4 Å². The second-order valence-corrected chi connectivity index (χ2v) is 8.49. The molecule has 2 aromatic rings. The fourth-order valence-corrected chi connectivity index (χ4v) is 4.91. The highest BCUT2D eigenvalue weighted by Gasteiger charge is 2.38. The number of para-hydroxylation sites is 1. The molecule has 1 aliphatic rings. The summed E-state index contributed by atoms with van der Waals surface area (Å²) in [4.78, 5) is 12.7. The topological polar surface area (TPSA) is 78.5 Å². The second-order valence-electron chi connectivity index (χ2n) is 6.60. The number of carbonyl (C=O) groups excluding carboxylic acids is 1. The Morgan fingerprint density at radius 2 is 1.66 bits per heavy atom. The molecular weight excluding hydrogens is 407 g/mol. The molecule has 0 bridgehead atoms. The predicted octanol–water partition coefficient (Wildman–Crippen LogP) is 3.39. The number of anilines is 1. The molecule has 6 nitrogen and oxygen atoms in total. The lowest BCUT2D eigenvalue weighted by Crippen LogP contribution is -2.52. The van der Waals surface area contributed by atoms with Crippen molar-refractivity contribution >= 4 is 21.6 Å². The van der Waals surface area contributed by atoms with E-state index in [-0.39, 0.29) is 23.5 Å².